The summed E-state index contributed by atoms with van der Waals surface area (Å²) < 4.78 is 34.2. The predicted octanol–water partition coefficient (Wildman–Crippen LogP) is 5.73. The Labute approximate surface area is 218 Å². The molecular weight excluding hydrogens is 507 g/mol. The number of halogens is 2. The molecule has 0 spiro atoms. The maximum atomic E-state index is 13.4. The maximum absolute atomic E-state index is 13.4. The van der Waals surface area contributed by atoms with Gasteiger partial charge in [0, 0.05) is 40.7 Å². The summed E-state index contributed by atoms with van der Waals surface area (Å²) in [5, 5.41) is 3.87. The van der Waals surface area contributed by atoms with Crippen LogP contribution in [-0.2, 0) is 20.6 Å². The van der Waals surface area contributed by atoms with Crippen LogP contribution in [0.2, 0.25) is 10.0 Å². The smallest absolute Gasteiger partial charge is 0.224 e. The van der Waals surface area contributed by atoms with Crippen molar-refractivity contribution in [2.24, 2.45) is 5.92 Å². The van der Waals surface area contributed by atoms with Gasteiger partial charge >= 0.3 is 0 Å². The third-order valence-electron chi connectivity index (χ3n) is 7.34. The normalized spacial score (nSPS) is 22.2. The molecule has 0 radical (unpaired) electrons. The van der Waals surface area contributed by atoms with Crippen molar-refractivity contribution >= 4 is 39.1 Å². The van der Waals surface area contributed by atoms with Crippen LogP contribution >= 0.6 is 23.2 Å². The van der Waals surface area contributed by atoms with Gasteiger partial charge in [0.2, 0.25) is 15.9 Å². The highest BCUT2D eigenvalue weighted by Gasteiger charge is 2.40. The Hall–Kier alpha value is -1.80. The van der Waals surface area contributed by atoms with Crippen molar-refractivity contribution in [3.8, 4) is 5.75 Å². The summed E-state index contributed by atoms with van der Waals surface area (Å²) in [5.41, 5.74) is 1.02. The number of nitrogens with one attached hydrogen (secondary N) is 1. The molecule has 0 aliphatic carbocycles. The Kier molecular flexibility index (Phi) is 8.01. The number of hydrogen-bond acceptors (Lipinski definition) is 4. The van der Waals surface area contributed by atoms with E-state index in [2.05, 4.69) is 19.2 Å². The van der Waals surface area contributed by atoms with Gasteiger partial charge in [-0.1, -0.05) is 61.3 Å². The van der Waals surface area contributed by atoms with E-state index >= 15 is 0 Å². The van der Waals surface area contributed by atoms with Gasteiger partial charge in [-0.15, -0.1) is 0 Å². The van der Waals surface area contributed by atoms with Gasteiger partial charge in [0.1, 0.15) is 11.4 Å². The molecular formula is C26H32Cl2N2O4S. The van der Waals surface area contributed by atoms with E-state index in [-0.39, 0.29) is 29.8 Å². The van der Waals surface area contributed by atoms with Gasteiger partial charge in [-0.2, -0.15) is 0 Å². The molecule has 190 valence electrons. The molecule has 0 bridgehead atoms. The number of fused-ring (bicyclic) bond motifs is 1. The Morgan fingerprint density at radius 1 is 1.11 bits per heavy atom. The molecule has 2 heterocycles. The van der Waals surface area contributed by atoms with Crippen LogP contribution < -0.4 is 10.1 Å². The number of para-hydroxylation sites is 1. The average Bonchev–Trinajstić information content (AvgIpc) is 2.86. The van der Waals surface area contributed by atoms with Crippen molar-refractivity contribution in [2.75, 3.05) is 13.1 Å². The van der Waals surface area contributed by atoms with E-state index in [0.29, 0.717) is 41.4 Å². The zero-order chi connectivity index (χ0) is 25.2. The Balaban J connectivity index is 1.49. The van der Waals surface area contributed by atoms with Crippen LogP contribution in [0.4, 0.5) is 0 Å². The van der Waals surface area contributed by atoms with E-state index in [1.54, 1.807) is 18.2 Å². The molecule has 6 nitrogen and oxygen atoms in total. The number of piperidine rings is 1. The van der Waals surface area contributed by atoms with Crippen molar-refractivity contribution in [2.45, 2.75) is 63.3 Å². The summed E-state index contributed by atoms with van der Waals surface area (Å²) in [4.78, 5) is 13.4. The minimum Gasteiger partial charge on any atom is -0.487 e. The van der Waals surface area contributed by atoms with Crippen LogP contribution in [0.5, 0.6) is 5.75 Å². The van der Waals surface area contributed by atoms with Crippen molar-refractivity contribution < 1.29 is 17.9 Å². The van der Waals surface area contributed by atoms with E-state index in [0.717, 1.165) is 24.2 Å². The fraction of sp³-hybridized carbons (Fsp3) is 0.500. The highest BCUT2D eigenvalue weighted by molar-refractivity contribution is 7.88. The van der Waals surface area contributed by atoms with Gasteiger partial charge in [0.15, 0.2) is 0 Å². The number of carbonyl (C=O) groups is 1. The fourth-order valence-corrected chi connectivity index (χ4v) is 7.43. The lowest BCUT2D eigenvalue weighted by Crippen LogP contribution is -2.49. The van der Waals surface area contributed by atoms with Crippen LogP contribution in [-0.4, -0.2) is 37.3 Å². The fourth-order valence-electron chi connectivity index (χ4n) is 5.07. The number of sulfonamides is 1. The molecule has 1 fully saturated rings. The Morgan fingerprint density at radius 2 is 1.80 bits per heavy atom. The van der Waals surface area contributed by atoms with Crippen molar-refractivity contribution in [3.05, 3.63) is 63.6 Å². The van der Waals surface area contributed by atoms with Crippen molar-refractivity contribution in [1.82, 2.24) is 9.62 Å². The molecule has 2 atom stereocenters. The lowest BCUT2D eigenvalue weighted by Gasteiger charge is -2.42. The van der Waals surface area contributed by atoms with Crippen LogP contribution in [0.15, 0.2) is 42.5 Å². The molecule has 2 aromatic rings. The first-order valence-corrected chi connectivity index (χ1v) is 14.5. The van der Waals surface area contributed by atoms with E-state index in [4.69, 9.17) is 27.9 Å². The average molecular weight is 540 g/mol. The second-order valence-corrected chi connectivity index (χ2v) is 12.2. The number of carbonyl (C=O) groups excluding carboxylic acids is 1. The first kappa shape index (κ1) is 26.3. The zero-order valence-corrected chi connectivity index (χ0v) is 22.4. The number of ether oxygens (including phenoxy) is 1. The molecule has 2 aliphatic heterocycles. The number of benzene rings is 2. The molecule has 0 aromatic heterocycles. The SMILES string of the molecule is CCC1(CC)CC(NC(=O)C2CCCN(S(=O)(=O)Cc3c(Cl)cccc3Cl)C2)c2ccccc2O1. The minimum absolute atomic E-state index is 0.122. The summed E-state index contributed by atoms with van der Waals surface area (Å²) in [6.07, 6.45) is 3.62. The number of nitrogens with zero attached hydrogens (tertiary/aromatic N) is 1. The van der Waals surface area contributed by atoms with Crippen LogP contribution in [0.3, 0.4) is 0 Å². The molecule has 35 heavy (non-hydrogen) atoms. The van der Waals surface area contributed by atoms with Crippen LogP contribution in [0.25, 0.3) is 0 Å². The lowest BCUT2D eigenvalue weighted by molar-refractivity contribution is -0.127. The third kappa shape index (κ3) is 5.63. The first-order valence-electron chi connectivity index (χ1n) is 12.2. The largest absolute Gasteiger partial charge is 0.487 e. The summed E-state index contributed by atoms with van der Waals surface area (Å²) in [7, 11) is -3.69. The predicted molar refractivity (Wildman–Crippen MR) is 139 cm³/mol. The number of amides is 1. The van der Waals surface area contributed by atoms with Gasteiger partial charge in [-0.25, -0.2) is 12.7 Å². The monoisotopic (exact) mass is 538 g/mol. The maximum Gasteiger partial charge on any atom is 0.224 e. The summed E-state index contributed by atoms with van der Waals surface area (Å²) in [6, 6.07) is 12.6. The highest BCUT2D eigenvalue weighted by atomic mass is 35.5. The highest BCUT2D eigenvalue weighted by Crippen LogP contribution is 2.43. The van der Waals surface area contributed by atoms with E-state index in [1.807, 2.05) is 24.3 Å². The zero-order valence-electron chi connectivity index (χ0n) is 20.1. The molecule has 9 heteroatoms. The Morgan fingerprint density at radius 3 is 2.49 bits per heavy atom. The molecule has 1 amide bonds. The molecule has 1 saturated heterocycles. The quantitative estimate of drug-likeness (QED) is 0.488. The first-order chi connectivity index (χ1) is 16.7. The van der Waals surface area contributed by atoms with Crippen LogP contribution in [0.1, 0.15) is 63.1 Å². The minimum atomic E-state index is -3.69. The molecule has 4 rings (SSSR count). The van der Waals surface area contributed by atoms with Crippen LogP contribution in [0, 0.1) is 5.92 Å². The standard InChI is InChI=1S/C26H32Cl2N2O4S/c1-3-26(4-2)15-23(19-10-5-6-13-24(19)34-26)29-25(31)18-9-8-14-30(16-18)35(32,33)17-20-21(27)11-7-12-22(20)28/h5-7,10-13,18,23H,3-4,8-9,14-17H2,1-2H3,(H,29,31). The lowest BCUT2D eigenvalue weighted by atomic mass is 9.83. The molecule has 1 N–H and O–H groups in total. The Bertz CT molecular complexity index is 1160. The second kappa shape index (κ2) is 10.7. The molecule has 2 aliphatic rings. The van der Waals surface area contributed by atoms with Gasteiger partial charge in [0.05, 0.1) is 17.7 Å². The summed E-state index contributed by atoms with van der Waals surface area (Å²) in [6.45, 7) is 4.73. The molecule has 0 saturated carbocycles. The molecule has 2 aromatic carbocycles. The summed E-state index contributed by atoms with van der Waals surface area (Å²) in [5.74, 6) is -0.0310. The topological polar surface area (TPSA) is 75.7 Å². The van der Waals surface area contributed by atoms with Gasteiger partial charge in [0.25, 0.3) is 0 Å². The van der Waals surface area contributed by atoms with Gasteiger partial charge < -0.3 is 10.1 Å². The number of hydrogen-bond donors (Lipinski definition) is 1. The van der Waals surface area contributed by atoms with E-state index in [1.165, 1.54) is 4.31 Å². The van der Waals surface area contributed by atoms with Gasteiger partial charge in [-0.05, 0) is 43.9 Å². The van der Waals surface area contributed by atoms with E-state index < -0.39 is 15.9 Å². The van der Waals surface area contributed by atoms with Crippen molar-refractivity contribution in [1.29, 1.82) is 0 Å². The summed E-state index contributed by atoms with van der Waals surface area (Å²) >= 11 is 12.4. The molecule has 2 unspecified atom stereocenters. The third-order valence-corrected chi connectivity index (χ3v) is 9.82. The van der Waals surface area contributed by atoms with Gasteiger partial charge in [-0.3, -0.25) is 4.79 Å². The van der Waals surface area contributed by atoms with E-state index in [9.17, 15) is 13.2 Å². The van der Waals surface area contributed by atoms with Crippen molar-refractivity contribution in [3.63, 3.8) is 0 Å². The number of rotatable bonds is 7. The second-order valence-electron chi connectivity index (χ2n) is 9.45.